The van der Waals surface area contributed by atoms with E-state index in [4.69, 9.17) is 26.3 Å². The molecule has 43 heavy (non-hydrogen) atoms. The van der Waals surface area contributed by atoms with Gasteiger partial charge >= 0.3 is 0 Å². The second kappa shape index (κ2) is 13.9. The molecule has 1 saturated heterocycles. The predicted octanol–water partition coefficient (Wildman–Crippen LogP) is 5.66. The first kappa shape index (κ1) is 30.3. The van der Waals surface area contributed by atoms with E-state index in [9.17, 15) is 9.18 Å². The molecule has 0 saturated carbocycles. The molecule has 8 nitrogen and oxygen atoms in total. The molecule has 10 heteroatoms. The summed E-state index contributed by atoms with van der Waals surface area (Å²) in [5.74, 6) is 0.0573. The Hall–Kier alpha value is -4.18. The quantitative estimate of drug-likeness (QED) is 0.271. The van der Waals surface area contributed by atoms with E-state index in [1.807, 2.05) is 30.3 Å². The number of carbonyl (C=O) groups excluding carboxylic acids is 1. The number of benzene rings is 3. The number of halogens is 2. The zero-order valence-electron chi connectivity index (χ0n) is 22.9. The molecule has 222 valence electrons. The average Bonchev–Trinajstić information content (AvgIpc) is 3.15. The van der Waals surface area contributed by atoms with Crippen molar-refractivity contribution in [3.63, 3.8) is 0 Å². The number of aliphatic imine (C=N–C) groups is 1. The molecule has 2 aliphatic heterocycles. The van der Waals surface area contributed by atoms with Crippen LogP contribution in [0.25, 0.3) is 11.3 Å². The summed E-state index contributed by atoms with van der Waals surface area (Å²) in [6.45, 7) is 5.05. The monoisotopic (exact) mass is 600 g/mol. The molecule has 2 aliphatic rings. The number of nitrogens with zero attached hydrogens (tertiary/aromatic N) is 4. The normalized spacial score (nSPS) is 14.4. The van der Waals surface area contributed by atoms with E-state index in [2.05, 4.69) is 20.5 Å². The lowest BCUT2D eigenvalue weighted by atomic mass is 9.95. The zero-order valence-corrected chi connectivity index (χ0v) is 23.7. The highest BCUT2D eigenvalue weighted by atomic mass is 35.5. The van der Waals surface area contributed by atoms with Crippen LogP contribution >= 0.6 is 11.6 Å². The number of rotatable bonds is 8. The molecule has 1 fully saturated rings. The molecule has 0 unspecified atom stereocenters. The first-order chi connectivity index (χ1) is 20.5. The Balaban J connectivity index is 0.00000368. The second-order valence-corrected chi connectivity index (χ2v) is 10.6. The third-order valence-electron chi connectivity index (χ3n) is 7.32. The van der Waals surface area contributed by atoms with Crippen molar-refractivity contribution in [1.82, 2.24) is 20.2 Å². The summed E-state index contributed by atoms with van der Waals surface area (Å²) in [4.78, 5) is 28.8. The van der Waals surface area contributed by atoms with Gasteiger partial charge in [-0.3, -0.25) is 14.7 Å². The molecule has 0 atom stereocenters. The van der Waals surface area contributed by atoms with Crippen LogP contribution in [0.3, 0.4) is 0 Å². The van der Waals surface area contributed by atoms with Gasteiger partial charge in [-0.25, -0.2) is 14.4 Å². The van der Waals surface area contributed by atoms with E-state index in [-0.39, 0.29) is 19.2 Å². The maximum atomic E-state index is 14.8. The highest BCUT2D eigenvalue weighted by Gasteiger charge is 2.23. The number of amides is 1. The van der Waals surface area contributed by atoms with E-state index in [1.165, 1.54) is 6.07 Å². The molecular formula is C33H34ClFN6O2. The van der Waals surface area contributed by atoms with Gasteiger partial charge in [-0.1, -0.05) is 49.4 Å². The summed E-state index contributed by atoms with van der Waals surface area (Å²) < 4.78 is 20.1. The fourth-order valence-electron chi connectivity index (χ4n) is 5.13. The molecule has 6 rings (SSSR count). The minimum absolute atomic E-state index is 0. The van der Waals surface area contributed by atoms with Crippen molar-refractivity contribution in [3.8, 4) is 11.3 Å². The van der Waals surface area contributed by atoms with Crippen molar-refractivity contribution in [2.24, 2.45) is 4.99 Å². The first-order valence-electron chi connectivity index (χ1n) is 13.9. The van der Waals surface area contributed by atoms with Gasteiger partial charge in [0.1, 0.15) is 5.82 Å². The fraction of sp³-hybridized carbons (Fsp3) is 0.273. The lowest BCUT2D eigenvalue weighted by Gasteiger charge is -2.26. The Bertz CT molecular complexity index is 1620. The van der Waals surface area contributed by atoms with E-state index < -0.39 is 0 Å². The van der Waals surface area contributed by atoms with Crippen LogP contribution in [0.4, 0.5) is 16.0 Å². The van der Waals surface area contributed by atoms with Gasteiger partial charge in [0.2, 0.25) is 11.9 Å². The van der Waals surface area contributed by atoms with Gasteiger partial charge in [-0.05, 0) is 42.0 Å². The fourth-order valence-corrected chi connectivity index (χ4v) is 5.30. The van der Waals surface area contributed by atoms with Crippen molar-refractivity contribution in [2.75, 3.05) is 44.7 Å². The minimum atomic E-state index is -0.351. The zero-order chi connectivity index (χ0) is 28.9. The first-order valence-corrected chi connectivity index (χ1v) is 14.3. The van der Waals surface area contributed by atoms with Crippen molar-refractivity contribution in [3.05, 3.63) is 106 Å². The van der Waals surface area contributed by atoms with Crippen LogP contribution in [0, 0.1) is 5.82 Å². The molecule has 4 aromatic rings. The Kier molecular flexibility index (Phi) is 9.76. The van der Waals surface area contributed by atoms with E-state index >= 15 is 0 Å². The van der Waals surface area contributed by atoms with Crippen molar-refractivity contribution < 1.29 is 13.9 Å². The third kappa shape index (κ3) is 7.25. The molecule has 2 N–H and O–H groups in total. The largest absolute Gasteiger partial charge is 0.379 e. The van der Waals surface area contributed by atoms with Gasteiger partial charge in [-0.15, -0.1) is 0 Å². The number of hydrogen-bond acceptors (Lipinski definition) is 7. The number of nitrogens with one attached hydrogen (secondary N) is 2. The SMILES string of the molecule is C.O=C(Cc1ccc(Nc2ncc3c(n2)-c2ccc(Cl)cc2C(c2ccccc2F)=NC3)cc1)NCCN1CCOCC1. The molecule has 3 heterocycles. The molecule has 0 radical (unpaired) electrons. The Morgan fingerprint density at radius 3 is 2.58 bits per heavy atom. The average molecular weight is 601 g/mol. The van der Waals surface area contributed by atoms with Gasteiger partial charge in [-0.2, -0.15) is 0 Å². The lowest BCUT2D eigenvalue weighted by Crippen LogP contribution is -2.41. The second-order valence-electron chi connectivity index (χ2n) is 10.2. The Morgan fingerprint density at radius 2 is 1.79 bits per heavy atom. The number of hydrogen-bond donors (Lipinski definition) is 2. The Labute approximate surface area is 256 Å². The third-order valence-corrected chi connectivity index (χ3v) is 7.56. The lowest BCUT2D eigenvalue weighted by molar-refractivity contribution is -0.120. The summed E-state index contributed by atoms with van der Waals surface area (Å²) in [5.41, 5.74) is 5.68. The molecule has 1 aromatic heterocycles. The minimum Gasteiger partial charge on any atom is -0.379 e. The molecule has 0 bridgehead atoms. The van der Waals surface area contributed by atoms with Crippen LogP contribution in [0.2, 0.25) is 5.02 Å². The smallest absolute Gasteiger partial charge is 0.227 e. The highest BCUT2D eigenvalue weighted by molar-refractivity contribution is 6.31. The van der Waals surface area contributed by atoms with Gasteiger partial charge in [0.05, 0.1) is 37.6 Å². The van der Waals surface area contributed by atoms with E-state index in [1.54, 1.807) is 36.5 Å². The van der Waals surface area contributed by atoms with Crippen LogP contribution in [-0.4, -0.2) is 65.9 Å². The maximum Gasteiger partial charge on any atom is 0.227 e. The number of anilines is 2. The number of carbonyl (C=O) groups is 1. The standard InChI is InChI=1S/C32H30ClFN6O2.CH4/c33-23-7-10-25-27(18-23)31(26-3-1-2-4-28(26)34)36-19-22-20-37-32(39-30(22)25)38-24-8-5-21(6-9-24)17-29(41)35-11-12-40-13-15-42-16-14-40;/h1-10,18,20H,11-17,19H2,(H,35,41)(H,37,38,39);1H4. The van der Waals surface area contributed by atoms with Gasteiger partial charge in [0, 0.05) is 65.3 Å². The van der Waals surface area contributed by atoms with Crippen LogP contribution in [-0.2, 0) is 22.5 Å². The number of morpholine rings is 1. The topological polar surface area (TPSA) is 91.7 Å². The van der Waals surface area contributed by atoms with Crippen LogP contribution in [0.1, 0.15) is 29.7 Å². The number of aromatic nitrogens is 2. The molecule has 1 amide bonds. The van der Waals surface area contributed by atoms with Crippen LogP contribution in [0.5, 0.6) is 0 Å². The van der Waals surface area contributed by atoms with Gasteiger partial charge in [0.15, 0.2) is 0 Å². The molecule has 0 aliphatic carbocycles. The van der Waals surface area contributed by atoms with E-state index in [0.29, 0.717) is 53.0 Å². The molecular weight excluding hydrogens is 567 g/mol. The molecule has 3 aromatic carbocycles. The van der Waals surface area contributed by atoms with Crippen LogP contribution in [0.15, 0.2) is 77.9 Å². The summed E-state index contributed by atoms with van der Waals surface area (Å²) >= 11 is 6.36. The Morgan fingerprint density at radius 1 is 1.00 bits per heavy atom. The van der Waals surface area contributed by atoms with Crippen LogP contribution < -0.4 is 10.6 Å². The van der Waals surface area contributed by atoms with E-state index in [0.717, 1.165) is 55.2 Å². The van der Waals surface area contributed by atoms with Gasteiger partial charge < -0.3 is 15.4 Å². The summed E-state index contributed by atoms with van der Waals surface area (Å²) in [5, 5.41) is 6.78. The number of fused-ring (bicyclic) bond motifs is 3. The predicted molar refractivity (Wildman–Crippen MR) is 169 cm³/mol. The van der Waals surface area contributed by atoms with Gasteiger partial charge in [0.25, 0.3) is 0 Å². The van der Waals surface area contributed by atoms with Crippen molar-refractivity contribution >= 4 is 34.9 Å². The maximum absolute atomic E-state index is 14.8. The summed E-state index contributed by atoms with van der Waals surface area (Å²) in [7, 11) is 0. The number of ether oxygens (including phenoxy) is 1. The molecule has 0 spiro atoms. The summed E-state index contributed by atoms with van der Waals surface area (Å²) in [6, 6.07) is 19.7. The summed E-state index contributed by atoms with van der Waals surface area (Å²) in [6.07, 6.45) is 2.05. The highest BCUT2D eigenvalue weighted by Crippen LogP contribution is 2.34. The van der Waals surface area contributed by atoms with Crippen molar-refractivity contribution in [2.45, 2.75) is 20.4 Å². The van der Waals surface area contributed by atoms with Crippen molar-refractivity contribution in [1.29, 1.82) is 0 Å².